The lowest BCUT2D eigenvalue weighted by Crippen LogP contribution is -2.33. The van der Waals surface area contributed by atoms with E-state index in [4.69, 9.17) is 11.6 Å². The summed E-state index contributed by atoms with van der Waals surface area (Å²) in [6.45, 7) is 9.70. The Morgan fingerprint density at radius 2 is 2.05 bits per heavy atom. The third-order valence-electron chi connectivity index (χ3n) is 2.98. The number of halogens is 1. The van der Waals surface area contributed by atoms with Crippen LogP contribution in [0.15, 0.2) is 0 Å². The maximum Gasteiger partial charge on any atom is 0.130 e. The fraction of sp³-hybridized carbons (Fsp3) is 0.786. The summed E-state index contributed by atoms with van der Waals surface area (Å²) < 4.78 is 1.76. The molecule has 3 nitrogen and oxygen atoms in total. The Hall–Kier alpha value is -0.190. The standard InChI is InChI=1S/C14H26ClN3S/c1-6-16-12(9-19-8-10(2)3)7-13-11(4)17-18(5)14(13)15/h10,12,16H,6-9H2,1-5H3. The van der Waals surface area contributed by atoms with Crippen LogP contribution >= 0.6 is 23.4 Å². The summed E-state index contributed by atoms with van der Waals surface area (Å²) in [5, 5.41) is 8.71. The predicted molar refractivity (Wildman–Crippen MR) is 86.3 cm³/mol. The van der Waals surface area contributed by atoms with Crippen molar-refractivity contribution in [2.24, 2.45) is 13.0 Å². The summed E-state index contributed by atoms with van der Waals surface area (Å²) in [5.74, 6) is 3.08. The van der Waals surface area contributed by atoms with E-state index < -0.39 is 0 Å². The predicted octanol–water partition coefficient (Wildman–Crippen LogP) is 3.29. The average Bonchev–Trinajstić information content (AvgIpc) is 2.55. The molecule has 1 aromatic rings. The van der Waals surface area contributed by atoms with Gasteiger partial charge in [-0.15, -0.1) is 0 Å². The summed E-state index contributed by atoms with van der Waals surface area (Å²) in [7, 11) is 1.90. The Kier molecular flexibility index (Phi) is 7.26. The summed E-state index contributed by atoms with van der Waals surface area (Å²) in [6, 6.07) is 0.467. The Bertz CT molecular complexity index is 390. The van der Waals surface area contributed by atoms with Crippen LogP contribution in [0.25, 0.3) is 0 Å². The van der Waals surface area contributed by atoms with Crippen molar-refractivity contribution >= 4 is 23.4 Å². The molecule has 0 spiro atoms. The van der Waals surface area contributed by atoms with Gasteiger partial charge in [-0.05, 0) is 31.6 Å². The van der Waals surface area contributed by atoms with Gasteiger partial charge >= 0.3 is 0 Å². The number of nitrogens with zero attached hydrogens (tertiary/aromatic N) is 2. The highest BCUT2D eigenvalue weighted by Crippen LogP contribution is 2.21. The van der Waals surface area contributed by atoms with Crippen LogP contribution in [0.4, 0.5) is 0 Å². The lowest BCUT2D eigenvalue weighted by Gasteiger charge is -2.18. The van der Waals surface area contributed by atoms with Gasteiger partial charge in [0.05, 0.1) is 5.69 Å². The zero-order valence-corrected chi connectivity index (χ0v) is 14.2. The van der Waals surface area contributed by atoms with Gasteiger partial charge in [0, 0.05) is 24.4 Å². The van der Waals surface area contributed by atoms with Crippen molar-refractivity contribution in [2.45, 2.75) is 40.2 Å². The third kappa shape index (κ3) is 5.36. The van der Waals surface area contributed by atoms with E-state index in [1.165, 1.54) is 11.3 Å². The average molecular weight is 304 g/mol. The Balaban J connectivity index is 2.61. The number of hydrogen-bond acceptors (Lipinski definition) is 3. The maximum absolute atomic E-state index is 6.31. The minimum absolute atomic E-state index is 0.467. The zero-order valence-electron chi connectivity index (χ0n) is 12.7. The van der Waals surface area contributed by atoms with Crippen LogP contribution in [0.5, 0.6) is 0 Å². The van der Waals surface area contributed by atoms with Crippen LogP contribution in [-0.2, 0) is 13.5 Å². The molecule has 19 heavy (non-hydrogen) atoms. The van der Waals surface area contributed by atoms with E-state index in [0.717, 1.165) is 35.5 Å². The molecular formula is C14H26ClN3S. The molecule has 1 rings (SSSR count). The molecule has 1 N–H and O–H groups in total. The molecule has 0 aliphatic heterocycles. The lowest BCUT2D eigenvalue weighted by atomic mass is 10.1. The highest BCUT2D eigenvalue weighted by Gasteiger charge is 2.16. The van der Waals surface area contributed by atoms with Gasteiger partial charge in [0.2, 0.25) is 0 Å². The lowest BCUT2D eigenvalue weighted by molar-refractivity contribution is 0.571. The van der Waals surface area contributed by atoms with Gasteiger partial charge < -0.3 is 5.32 Å². The van der Waals surface area contributed by atoms with Crippen molar-refractivity contribution in [3.05, 3.63) is 16.4 Å². The Labute approximate surface area is 126 Å². The molecule has 1 aromatic heterocycles. The molecule has 1 heterocycles. The van der Waals surface area contributed by atoms with E-state index in [1.54, 1.807) is 4.68 Å². The summed E-state index contributed by atoms with van der Waals surface area (Å²) >= 11 is 8.32. The van der Waals surface area contributed by atoms with Crippen molar-refractivity contribution in [3.63, 3.8) is 0 Å². The molecule has 0 aliphatic rings. The van der Waals surface area contributed by atoms with E-state index in [-0.39, 0.29) is 0 Å². The van der Waals surface area contributed by atoms with Crippen molar-refractivity contribution < 1.29 is 0 Å². The van der Waals surface area contributed by atoms with Crippen LogP contribution in [0.1, 0.15) is 32.0 Å². The molecule has 0 aromatic carbocycles. The van der Waals surface area contributed by atoms with Gasteiger partial charge in [0.15, 0.2) is 0 Å². The van der Waals surface area contributed by atoms with Crippen molar-refractivity contribution in [2.75, 3.05) is 18.1 Å². The second-order valence-electron chi connectivity index (χ2n) is 5.37. The molecule has 0 bridgehead atoms. The number of thioether (sulfide) groups is 1. The minimum Gasteiger partial charge on any atom is -0.313 e. The molecule has 5 heteroatoms. The topological polar surface area (TPSA) is 29.9 Å². The number of hydrogen-bond donors (Lipinski definition) is 1. The van der Waals surface area contributed by atoms with E-state index in [0.29, 0.717) is 6.04 Å². The first-order chi connectivity index (χ1) is 8.95. The number of rotatable bonds is 8. The minimum atomic E-state index is 0.467. The van der Waals surface area contributed by atoms with Gasteiger partial charge in [0.25, 0.3) is 0 Å². The SMILES string of the molecule is CCNC(CSCC(C)C)Cc1c(C)nn(C)c1Cl. The van der Waals surface area contributed by atoms with Crippen molar-refractivity contribution in [1.82, 2.24) is 15.1 Å². The number of aryl methyl sites for hydroxylation is 2. The Morgan fingerprint density at radius 1 is 1.37 bits per heavy atom. The van der Waals surface area contributed by atoms with Crippen molar-refractivity contribution in [1.29, 1.82) is 0 Å². The van der Waals surface area contributed by atoms with Crippen LogP contribution in [0.3, 0.4) is 0 Å². The van der Waals surface area contributed by atoms with E-state index in [9.17, 15) is 0 Å². The molecular weight excluding hydrogens is 278 g/mol. The van der Waals surface area contributed by atoms with Crippen molar-refractivity contribution in [3.8, 4) is 0 Å². The monoisotopic (exact) mass is 303 g/mol. The molecule has 1 unspecified atom stereocenters. The summed E-state index contributed by atoms with van der Waals surface area (Å²) in [6.07, 6.45) is 0.956. The van der Waals surface area contributed by atoms with E-state index in [2.05, 4.69) is 31.2 Å². The Morgan fingerprint density at radius 3 is 2.53 bits per heavy atom. The van der Waals surface area contributed by atoms with Gasteiger partial charge in [0.1, 0.15) is 5.15 Å². The van der Waals surface area contributed by atoms with Crippen LogP contribution < -0.4 is 5.32 Å². The molecule has 0 amide bonds. The first kappa shape index (κ1) is 16.9. The zero-order chi connectivity index (χ0) is 14.4. The van der Waals surface area contributed by atoms with Crippen LogP contribution in [0, 0.1) is 12.8 Å². The van der Waals surface area contributed by atoms with Gasteiger partial charge in [-0.2, -0.15) is 16.9 Å². The first-order valence-electron chi connectivity index (χ1n) is 6.94. The van der Waals surface area contributed by atoms with Crippen LogP contribution in [-0.4, -0.2) is 33.9 Å². The normalized spacial score (nSPS) is 13.2. The van der Waals surface area contributed by atoms with Crippen LogP contribution in [0.2, 0.25) is 5.15 Å². The molecule has 0 fully saturated rings. The maximum atomic E-state index is 6.31. The largest absolute Gasteiger partial charge is 0.313 e. The third-order valence-corrected chi connectivity index (χ3v) is 5.00. The van der Waals surface area contributed by atoms with Gasteiger partial charge in [-0.3, -0.25) is 4.68 Å². The second kappa shape index (κ2) is 8.18. The fourth-order valence-corrected chi connectivity index (χ4v) is 3.46. The second-order valence-corrected chi connectivity index (χ2v) is 6.80. The first-order valence-corrected chi connectivity index (χ1v) is 8.48. The molecule has 0 aliphatic carbocycles. The molecule has 110 valence electrons. The molecule has 0 radical (unpaired) electrons. The number of likely N-dealkylation sites (N-methyl/N-ethyl adjacent to an activating group) is 1. The summed E-state index contributed by atoms with van der Waals surface area (Å²) in [5.41, 5.74) is 2.23. The number of nitrogens with one attached hydrogen (secondary N) is 1. The highest BCUT2D eigenvalue weighted by atomic mass is 35.5. The quantitative estimate of drug-likeness (QED) is 0.799. The van der Waals surface area contributed by atoms with Gasteiger partial charge in [-0.25, -0.2) is 0 Å². The fourth-order valence-electron chi connectivity index (χ4n) is 2.08. The molecule has 0 saturated heterocycles. The number of aromatic nitrogens is 2. The summed E-state index contributed by atoms with van der Waals surface area (Å²) in [4.78, 5) is 0. The molecule has 0 saturated carbocycles. The van der Waals surface area contributed by atoms with E-state index >= 15 is 0 Å². The van der Waals surface area contributed by atoms with Gasteiger partial charge in [-0.1, -0.05) is 32.4 Å². The molecule has 1 atom stereocenters. The smallest absolute Gasteiger partial charge is 0.130 e. The van der Waals surface area contributed by atoms with E-state index in [1.807, 2.05) is 25.7 Å². The highest BCUT2D eigenvalue weighted by molar-refractivity contribution is 7.99.